The van der Waals surface area contributed by atoms with Gasteiger partial charge in [0.1, 0.15) is 5.82 Å². The Morgan fingerprint density at radius 3 is 1.65 bits per heavy atom. The molecule has 37 heavy (non-hydrogen) atoms. The molecule has 4 aromatic carbocycles. The second-order valence-electron chi connectivity index (χ2n) is 9.61. The zero-order chi connectivity index (χ0) is 25.3. The summed E-state index contributed by atoms with van der Waals surface area (Å²) in [4.78, 5) is 42.0. The van der Waals surface area contributed by atoms with Gasteiger partial charge < -0.3 is 4.74 Å². The third-order valence-corrected chi connectivity index (χ3v) is 7.85. The van der Waals surface area contributed by atoms with Crippen molar-refractivity contribution in [1.29, 1.82) is 0 Å². The van der Waals surface area contributed by atoms with Crippen molar-refractivity contribution in [3.63, 3.8) is 0 Å². The maximum atomic E-state index is 14.2. The molecule has 1 heterocycles. The number of carbonyl (C=O) groups is 3. The van der Waals surface area contributed by atoms with E-state index < -0.39 is 23.6 Å². The van der Waals surface area contributed by atoms with Crippen molar-refractivity contribution in [2.45, 2.75) is 11.8 Å². The number of imide groups is 1. The smallest absolute Gasteiger partial charge is 0.346 e. The lowest BCUT2D eigenvalue weighted by Gasteiger charge is -2.45. The average Bonchev–Trinajstić information content (AvgIpc) is 3.19. The second kappa shape index (κ2) is 7.96. The molecule has 6 heteroatoms. The minimum Gasteiger partial charge on any atom is -0.421 e. The molecule has 8 rings (SSSR count). The number of anilines is 1. The van der Waals surface area contributed by atoms with E-state index in [0.717, 1.165) is 27.2 Å². The molecule has 3 aliphatic carbocycles. The number of amides is 2. The van der Waals surface area contributed by atoms with E-state index in [4.69, 9.17) is 4.74 Å². The third kappa shape index (κ3) is 2.99. The molecule has 0 N–H and O–H groups in total. The van der Waals surface area contributed by atoms with E-state index in [0.29, 0.717) is 0 Å². The number of carbonyl (C=O) groups excluding carboxylic acids is 3. The summed E-state index contributed by atoms with van der Waals surface area (Å²) in [6, 6.07) is 28.0. The Kier molecular flexibility index (Phi) is 4.67. The number of ether oxygens (including phenoxy) is 1. The van der Waals surface area contributed by atoms with Crippen LogP contribution in [-0.2, 0) is 9.59 Å². The molecule has 1 fully saturated rings. The second-order valence-corrected chi connectivity index (χ2v) is 9.61. The molecule has 2 bridgehead atoms. The first kappa shape index (κ1) is 21.7. The lowest BCUT2D eigenvalue weighted by atomic mass is 9.55. The van der Waals surface area contributed by atoms with Gasteiger partial charge in [-0.05, 0) is 46.5 Å². The summed E-state index contributed by atoms with van der Waals surface area (Å²) in [7, 11) is 0. The summed E-state index contributed by atoms with van der Waals surface area (Å²) in [5, 5.41) is 0. The van der Waals surface area contributed by atoms with Gasteiger partial charge in [-0.2, -0.15) is 0 Å². The fourth-order valence-corrected chi connectivity index (χ4v) is 6.42. The summed E-state index contributed by atoms with van der Waals surface area (Å²) in [5.74, 6) is -3.81. The molecule has 180 valence electrons. The van der Waals surface area contributed by atoms with E-state index in [9.17, 15) is 18.8 Å². The zero-order valence-electron chi connectivity index (χ0n) is 19.5. The Morgan fingerprint density at radius 1 is 0.649 bits per heavy atom. The Balaban J connectivity index is 1.32. The Morgan fingerprint density at radius 2 is 1.11 bits per heavy atom. The molecule has 4 aliphatic rings. The highest BCUT2D eigenvalue weighted by atomic mass is 19.1. The van der Waals surface area contributed by atoms with Crippen LogP contribution < -0.4 is 9.64 Å². The van der Waals surface area contributed by atoms with Gasteiger partial charge in [-0.15, -0.1) is 0 Å². The van der Waals surface area contributed by atoms with E-state index in [1.54, 1.807) is 18.2 Å². The van der Waals surface area contributed by atoms with Crippen molar-refractivity contribution in [2.24, 2.45) is 11.8 Å². The van der Waals surface area contributed by atoms with Gasteiger partial charge in [0.25, 0.3) is 0 Å². The normalized spacial score (nSPS) is 22.9. The number of para-hydroxylation sites is 2. The molecule has 5 nitrogen and oxygen atoms in total. The summed E-state index contributed by atoms with van der Waals surface area (Å²) < 4.78 is 19.7. The molecule has 2 amide bonds. The van der Waals surface area contributed by atoms with E-state index in [2.05, 4.69) is 0 Å². The van der Waals surface area contributed by atoms with Gasteiger partial charge >= 0.3 is 5.97 Å². The highest BCUT2D eigenvalue weighted by Gasteiger charge is 2.62. The van der Waals surface area contributed by atoms with E-state index in [-0.39, 0.29) is 40.7 Å². The SMILES string of the molecule is O=C(Oc1ccccc1N1C(=O)[C@@H]2C3c4ccccc4C(c4ccccc43)[C@@H]2C1=O)c1ccccc1F. The van der Waals surface area contributed by atoms with E-state index in [1.807, 2.05) is 48.5 Å². The van der Waals surface area contributed by atoms with Gasteiger partial charge in [0.15, 0.2) is 5.75 Å². The van der Waals surface area contributed by atoms with Crippen molar-refractivity contribution in [3.8, 4) is 5.75 Å². The number of rotatable bonds is 3. The van der Waals surface area contributed by atoms with Crippen LogP contribution in [0, 0.1) is 17.7 Å². The first-order valence-corrected chi connectivity index (χ1v) is 12.2. The monoisotopic (exact) mass is 489 g/mol. The van der Waals surface area contributed by atoms with E-state index >= 15 is 0 Å². The lowest BCUT2D eigenvalue weighted by Crippen LogP contribution is -2.41. The van der Waals surface area contributed by atoms with Crippen LogP contribution >= 0.6 is 0 Å². The number of esters is 1. The average molecular weight is 490 g/mol. The van der Waals surface area contributed by atoms with Crippen LogP contribution in [0.4, 0.5) is 10.1 Å². The number of nitrogens with zero attached hydrogens (tertiary/aromatic N) is 1. The third-order valence-electron chi connectivity index (χ3n) is 7.85. The van der Waals surface area contributed by atoms with Gasteiger partial charge in [0.05, 0.1) is 23.1 Å². The predicted octanol–water partition coefficient (Wildman–Crippen LogP) is 5.44. The Bertz CT molecular complexity index is 1510. The fraction of sp³-hybridized carbons (Fsp3) is 0.129. The number of hydrogen-bond donors (Lipinski definition) is 0. The van der Waals surface area contributed by atoms with Gasteiger partial charge in [-0.1, -0.05) is 72.8 Å². The minimum atomic E-state index is -0.901. The predicted molar refractivity (Wildman–Crippen MR) is 134 cm³/mol. The number of halogens is 1. The molecule has 1 saturated heterocycles. The summed E-state index contributed by atoms with van der Waals surface area (Å²) >= 11 is 0. The van der Waals surface area contributed by atoms with Gasteiger partial charge in [0.2, 0.25) is 11.8 Å². The van der Waals surface area contributed by atoms with Crippen molar-refractivity contribution in [2.75, 3.05) is 4.90 Å². The molecular weight excluding hydrogens is 469 g/mol. The summed E-state index contributed by atoms with van der Waals surface area (Å²) in [6.07, 6.45) is 0. The molecule has 0 aromatic heterocycles. The zero-order valence-corrected chi connectivity index (χ0v) is 19.5. The molecule has 0 radical (unpaired) electrons. The van der Waals surface area contributed by atoms with Crippen LogP contribution in [0.3, 0.4) is 0 Å². The van der Waals surface area contributed by atoms with Gasteiger partial charge in [-0.25, -0.2) is 14.1 Å². The van der Waals surface area contributed by atoms with Crippen LogP contribution in [0.2, 0.25) is 0 Å². The Hall–Kier alpha value is -4.58. The largest absolute Gasteiger partial charge is 0.421 e. The molecule has 1 aliphatic heterocycles. The first-order valence-electron chi connectivity index (χ1n) is 12.2. The van der Waals surface area contributed by atoms with Crippen molar-refractivity contribution in [3.05, 3.63) is 131 Å². The minimum absolute atomic E-state index is 0.0264. The fourth-order valence-electron chi connectivity index (χ4n) is 6.42. The topological polar surface area (TPSA) is 63.7 Å². The quantitative estimate of drug-likeness (QED) is 0.218. The van der Waals surface area contributed by atoms with Crippen molar-refractivity contribution in [1.82, 2.24) is 0 Å². The van der Waals surface area contributed by atoms with Crippen LogP contribution in [0.25, 0.3) is 0 Å². The maximum absolute atomic E-state index is 14.2. The van der Waals surface area contributed by atoms with Crippen LogP contribution in [-0.4, -0.2) is 17.8 Å². The molecular formula is C31H20FNO4. The molecule has 2 atom stereocenters. The van der Waals surface area contributed by atoms with Crippen LogP contribution in [0.1, 0.15) is 44.4 Å². The van der Waals surface area contributed by atoms with E-state index in [1.165, 1.54) is 30.3 Å². The summed E-state index contributed by atoms with van der Waals surface area (Å²) in [6.45, 7) is 0. The highest BCUT2D eigenvalue weighted by Crippen LogP contribution is 2.61. The Labute approximate surface area is 212 Å². The molecule has 4 aromatic rings. The molecule has 0 spiro atoms. The maximum Gasteiger partial charge on any atom is 0.346 e. The molecule has 0 unspecified atom stereocenters. The van der Waals surface area contributed by atoms with Gasteiger partial charge in [-0.3, -0.25) is 9.59 Å². The molecule has 0 saturated carbocycles. The van der Waals surface area contributed by atoms with Gasteiger partial charge in [0, 0.05) is 11.8 Å². The lowest BCUT2D eigenvalue weighted by molar-refractivity contribution is -0.122. The van der Waals surface area contributed by atoms with Crippen molar-refractivity contribution < 1.29 is 23.5 Å². The van der Waals surface area contributed by atoms with Crippen LogP contribution in [0.15, 0.2) is 97.1 Å². The highest BCUT2D eigenvalue weighted by molar-refractivity contribution is 6.24. The number of hydrogen-bond acceptors (Lipinski definition) is 4. The number of benzene rings is 4. The van der Waals surface area contributed by atoms with Crippen molar-refractivity contribution >= 4 is 23.5 Å². The standard InChI is InChI=1S/C31H20FNO4/c32-22-14-6-5-13-21(22)31(36)37-24-16-8-7-15-23(24)33-29(34)27-25-17-9-1-2-10-18(17)26(28(27)30(33)35)20-12-4-3-11-19(20)25/h1-16,25-28H/t25?,26?,27-,28+. The van der Waals surface area contributed by atoms with Crippen LogP contribution in [0.5, 0.6) is 5.75 Å². The summed E-state index contributed by atoms with van der Waals surface area (Å²) in [5.41, 5.74) is 4.27. The first-order chi connectivity index (χ1) is 18.1.